The zero-order chi connectivity index (χ0) is 17.7. The standard InChI is InChI=1S/C16H22N4O4/c1-16(10-17)7-9-19(11-16)14(21)6-8-18-15(22)12-2-4-13(5-3-12)20(23)24/h2-5H,6-11,17H2,1H3,(H,18,22). The molecule has 1 fully saturated rings. The lowest BCUT2D eigenvalue weighted by Crippen LogP contribution is -2.36. The molecular weight excluding hydrogens is 312 g/mol. The molecule has 0 aliphatic carbocycles. The minimum atomic E-state index is -0.522. The quantitative estimate of drug-likeness (QED) is 0.592. The van der Waals surface area contributed by atoms with Crippen LogP contribution in [0.4, 0.5) is 5.69 Å². The summed E-state index contributed by atoms with van der Waals surface area (Å²) < 4.78 is 0. The number of nitro benzene ring substituents is 1. The zero-order valence-corrected chi connectivity index (χ0v) is 13.7. The summed E-state index contributed by atoms with van der Waals surface area (Å²) in [5.41, 5.74) is 5.96. The summed E-state index contributed by atoms with van der Waals surface area (Å²) in [5, 5.41) is 13.2. The molecule has 0 saturated carbocycles. The van der Waals surface area contributed by atoms with Gasteiger partial charge in [0.2, 0.25) is 5.91 Å². The smallest absolute Gasteiger partial charge is 0.269 e. The summed E-state index contributed by atoms with van der Waals surface area (Å²) in [4.78, 5) is 35.9. The molecule has 24 heavy (non-hydrogen) atoms. The van der Waals surface area contributed by atoms with E-state index >= 15 is 0 Å². The van der Waals surface area contributed by atoms with Gasteiger partial charge in [-0.2, -0.15) is 0 Å². The van der Waals surface area contributed by atoms with Gasteiger partial charge in [-0.25, -0.2) is 0 Å². The van der Waals surface area contributed by atoms with Gasteiger partial charge in [-0.05, 0) is 30.5 Å². The van der Waals surface area contributed by atoms with Gasteiger partial charge in [0.05, 0.1) is 4.92 Å². The van der Waals surface area contributed by atoms with E-state index in [4.69, 9.17) is 5.73 Å². The van der Waals surface area contributed by atoms with Crippen LogP contribution in [0, 0.1) is 15.5 Å². The van der Waals surface area contributed by atoms with Gasteiger partial charge >= 0.3 is 0 Å². The molecule has 1 aromatic rings. The summed E-state index contributed by atoms with van der Waals surface area (Å²) in [6.07, 6.45) is 1.11. The van der Waals surface area contributed by atoms with Crippen LogP contribution in [-0.2, 0) is 4.79 Å². The van der Waals surface area contributed by atoms with Crippen molar-refractivity contribution in [2.75, 3.05) is 26.2 Å². The number of carbonyl (C=O) groups excluding carboxylic acids is 2. The van der Waals surface area contributed by atoms with Crippen LogP contribution in [0.25, 0.3) is 0 Å². The van der Waals surface area contributed by atoms with Crippen LogP contribution in [0.3, 0.4) is 0 Å². The first-order valence-corrected chi connectivity index (χ1v) is 7.85. The first kappa shape index (κ1) is 17.9. The Labute approximate surface area is 140 Å². The molecule has 3 N–H and O–H groups in total. The number of amides is 2. The van der Waals surface area contributed by atoms with Gasteiger partial charge in [0.1, 0.15) is 0 Å². The lowest BCUT2D eigenvalue weighted by molar-refractivity contribution is -0.384. The molecule has 1 atom stereocenters. The number of nitrogens with two attached hydrogens (primary N) is 1. The molecule has 8 heteroatoms. The number of rotatable bonds is 6. The molecule has 1 aromatic carbocycles. The third-order valence-electron chi connectivity index (χ3n) is 4.37. The fraction of sp³-hybridized carbons (Fsp3) is 0.500. The van der Waals surface area contributed by atoms with Crippen LogP contribution in [0.5, 0.6) is 0 Å². The summed E-state index contributed by atoms with van der Waals surface area (Å²) in [6.45, 7) is 4.19. The second-order valence-electron chi connectivity index (χ2n) is 6.39. The van der Waals surface area contributed by atoms with Gasteiger partial charge in [0.25, 0.3) is 11.6 Å². The van der Waals surface area contributed by atoms with Crippen molar-refractivity contribution in [3.05, 3.63) is 39.9 Å². The highest BCUT2D eigenvalue weighted by Gasteiger charge is 2.34. The average molecular weight is 334 g/mol. The number of benzene rings is 1. The van der Waals surface area contributed by atoms with Crippen molar-refractivity contribution in [1.29, 1.82) is 0 Å². The number of carbonyl (C=O) groups is 2. The van der Waals surface area contributed by atoms with Crippen LogP contribution >= 0.6 is 0 Å². The van der Waals surface area contributed by atoms with Gasteiger partial charge in [0, 0.05) is 43.8 Å². The Morgan fingerprint density at radius 2 is 2.04 bits per heavy atom. The fourth-order valence-electron chi connectivity index (χ4n) is 2.68. The molecule has 2 amide bonds. The molecule has 0 aromatic heterocycles. The number of hydrogen-bond acceptors (Lipinski definition) is 5. The van der Waals surface area contributed by atoms with Crippen molar-refractivity contribution >= 4 is 17.5 Å². The Hall–Kier alpha value is -2.48. The molecule has 1 saturated heterocycles. The highest BCUT2D eigenvalue weighted by atomic mass is 16.6. The highest BCUT2D eigenvalue weighted by Crippen LogP contribution is 2.28. The van der Waals surface area contributed by atoms with E-state index in [1.807, 2.05) is 0 Å². The molecular formula is C16H22N4O4. The Bertz CT molecular complexity index is 631. The van der Waals surface area contributed by atoms with Crippen molar-refractivity contribution in [1.82, 2.24) is 10.2 Å². The maximum absolute atomic E-state index is 12.1. The molecule has 1 aliphatic rings. The van der Waals surface area contributed by atoms with Gasteiger partial charge < -0.3 is 16.0 Å². The van der Waals surface area contributed by atoms with E-state index in [9.17, 15) is 19.7 Å². The van der Waals surface area contributed by atoms with Gasteiger partial charge in [-0.3, -0.25) is 19.7 Å². The third-order valence-corrected chi connectivity index (χ3v) is 4.37. The number of likely N-dealkylation sites (tertiary alicyclic amines) is 1. The van der Waals surface area contributed by atoms with Gasteiger partial charge in [0.15, 0.2) is 0 Å². The molecule has 1 unspecified atom stereocenters. The van der Waals surface area contributed by atoms with Crippen molar-refractivity contribution in [3.8, 4) is 0 Å². The van der Waals surface area contributed by atoms with Crippen LogP contribution in [0.2, 0.25) is 0 Å². The van der Waals surface area contributed by atoms with E-state index < -0.39 is 4.92 Å². The van der Waals surface area contributed by atoms with Crippen LogP contribution in [-0.4, -0.2) is 47.8 Å². The molecule has 2 rings (SSSR count). The third kappa shape index (κ3) is 4.29. The average Bonchev–Trinajstić information content (AvgIpc) is 2.98. The van der Waals surface area contributed by atoms with E-state index in [-0.39, 0.29) is 35.9 Å². The second kappa shape index (κ2) is 7.39. The van der Waals surface area contributed by atoms with E-state index in [1.54, 1.807) is 4.90 Å². The molecule has 1 aliphatic heterocycles. The van der Waals surface area contributed by atoms with Gasteiger partial charge in [-0.15, -0.1) is 0 Å². The SMILES string of the molecule is CC1(CN)CCN(C(=O)CCNC(=O)c2ccc([N+](=O)[O-])cc2)C1. The number of hydrogen-bond donors (Lipinski definition) is 2. The monoisotopic (exact) mass is 334 g/mol. The fourth-order valence-corrected chi connectivity index (χ4v) is 2.68. The number of nitrogens with one attached hydrogen (secondary N) is 1. The van der Waals surface area contributed by atoms with E-state index in [2.05, 4.69) is 12.2 Å². The van der Waals surface area contributed by atoms with Crippen molar-refractivity contribution < 1.29 is 14.5 Å². The molecule has 8 nitrogen and oxygen atoms in total. The largest absolute Gasteiger partial charge is 0.352 e. The van der Waals surface area contributed by atoms with Gasteiger partial charge in [-0.1, -0.05) is 6.92 Å². The van der Waals surface area contributed by atoms with E-state index in [0.29, 0.717) is 25.2 Å². The van der Waals surface area contributed by atoms with E-state index in [0.717, 1.165) is 6.42 Å². The summed E-state index contributed by atoms with van der Waals surface area (Å²) in [7, 11) is 0. The summed E-state index contributed by atoms with van der Waals surface area (Å²) in [6, 6.07) is 5.33. The summed E-state index contributed by atoms with van der Waals surface area (Å²) in [5.74, 6) is -0.359. The molecule has 0 radical (unpaired) electrons. The molecule has 1 heterocycles. The number of non-ortho nitro benzene ring substituents is 1. The lowest BCUT2D eigenvalue weighted by Gasteiger charge is -2.22. The molecule has 0 spiro atoms. The predicted molar refractivity (Wildman–Crippen MR) is 88.4 cm³/mol. The Morgan fingerprint density at radius 3 is 2.58 bits per heavy atom. The van der Waals surface area contributed by atoms with Crippen molar-refractivity contribution in [3.63, 3.8) is 0 Å². The Balaban J connectivity index is 1.78. The first-order valence-electron chi connectivity index (χ1n) is 7.85. The maximum atomic E-state index is 12.1. The van der Waals surface area contributed by atoms with Crippen molar-refractivity contribution in [2.45, 2.75) is 19.8 Å². The molecule has 0 bridgehead atoms. The second-order valence-corrected chi connectivity index (χ2v) is 6.39. The van der Waals surface area contributed by atoms with Crippen molar-refractivity contribution in [2.24, 2.45) is 11.1 Å². The lowest BCUT2D eigenvalue weighted by atomic mass is 9.90. The number of nitrogens with zero attached hydrogens (tertiary/aromatic N) is 2. The number of nitro groups is 1. The van der Waals surface area contributed by atoms with E-state index in [1.165, 1.54) is 24.3 Å². The highest BCUT2D eigenvalue weighted by molar-refractivity contribution is 5.94. The Morgan fingerprint density at radius 1 is 1.38 bits per heavy atom. The minimum absolute atomic E-state index is 0.00354. The molecule has 130 valence electrons. The first-order chi connectivity index (χ1) is 11.3. The van der Waals surface area contributed by atoms with Crippen LogP contribution in [0.1, 0.15) is 30.1 Å². The zero-order valence-electron chi connectivity index (χ0n) is 13.7. The predicted octanol–water partition coefficient (Wildman–Crippen LogP) is 0.912. The normalized spacial score (nSPS) is 20.0. The minimum Gasteiger partial charge on any atom is -0.352 e. The maximum Gasteiger partial charge on any atom is 0.269 e. The summed E-state index contributed by atoms with van der Waals surface area (Å²) >= 11 is 0. The Kier molecular flexibility index (Phi) is 5.50. The van der Waals surface area contributed by atoms with Crippen LogP contribution in [0.15, 0.2) is 24.3 Å². The van der Waals surface area contributed by atoms with Crippen LogP contribution < -0.4 is 11.1 Å². The topological polar surface area (TPSA) is 119 Å².